The topological polar surface area (TPSA) is 46.3 Å². The van der Waals surface area contributed by atoms with Crippen molar-refractivity contribution in [1.29, 1.82) is 0 Å². The van der Waals surface area contributed by atoms with Gasteiger partial charge in [0.2, 0.25) is 5.91 Å². The highest BCUT2D eigenvalue weighted by Gasteiger charge is 2.23. The Morgan fingerprint density at radius 3 is 2.88 bits per heavy atom. The predicted molar refractivity (Wildman–Crippen MR) is 64.0 cm³/mol. The van der Waals surface area contributed by atoms with Crippen LogP contribution in [0.3, 0.4) is 0 Å². The zero-order valence-corrected chi connectivity index (χ0v) is 9.73. The summed E-state index contributed by atoms with van der Waals surface area (Å²) in [6.07, 6.45) is 1.54. The van der Waals surface area contributed by atoms with E-state index in [1.165, 1.54) is 12.1 Å². The van der Waals surface area contributed by atoms with Gasteiger partial charge in [-0.1, -0.05) is 12.1 Å². The van der Waals surface area contributed by atoms with Crippen LogP contribution in [-0.2, 0) is 4.79 Å². The molecule has 1 saturated heterocycles. The minimum Gasteiger partial charge on any atom is -0.342 e. The number of nitrogens with zero attached hydrogens (tertiary/aromatic N) is 1. The first kappa shape index (κ1) is 12.0. The van der Waals surface area contributed by atoms with Crippen molar-refractivity contribution >= 4 is 5.91 Å². The number of benzene rings is 1. The molecule has 1 atom stereocenters. The monoisotopic (exact) mass is 236 g/mol. The Morgan fingerprint density at radius 2 is 2.29 bits per heavy atom. The van der Waals surface area contributed by atoms with Crippen LogP contribution in [0, 0.1) is 5.82 Å². The Labute approximate surface area is 100 Å². The summed E-state index contributed by atoms with van der Waals surface area (Å²) >= 11 is 0. The minimum atomic E-state index is -0.256. The van der Waals surface area contributed by atoms with Gasteiger partial charge in [-0.15, -0.1) is 0 Å². The van der Waals surface area contributed by atoms with Gasteiger partial charge in [0.15, 0.2) is 0 Å². The van der Waals surface area contributed by atoms with E-state index >= 15 is 0 Å². The van der Waals surface area contributed by atoms with Crippen molar-refractivity contribution in [3.8, 4) is 0 Å². The molecule has 2 N–H and O–H groups in total. The lowest BCUT2D eigenvalue weighted by atomic mass is 9.98. The first-order chi connectivity index (χ1) is 8.20. The standard InChI is InChI=1S/C13H17FN2O/c14-12-4-1-3-10(7-12)11(8-15)9-16-6-2-5-13(16)17/h1,3-4,7,11H,2,5-6,8-9,15H2. The second kappa shape index (κ2) is 5.27. The van der Waals surface area contributed by atoms with Crippen molar-refractivity contribution in [2.75, 3.05) is 19.6 Å². The first-order valence-electron chi connectivity index (χ1n) is 5.94. The maximum Gasteiger partial charge on any atom is 0.222 e. The normalized spacial score (nSPS) is 17.5. The fraction of sp³-hybridized carbons (Fsp3) is 0.462. The molecule has 0 radical (unpaired) electrons. The molecule has 1 heterocycles. The number of carbonyl (C=O) groups excluding carboxylic acids is 1. The van der Waals surface area contributed by atoms with E-state index in [-0.39, 0.29) is 17.6 Å². The molecule has 3 nitrogen and oxygen atoms in total. The number of carbonyl (C=O) groups is 1. The molecule has 92 valence electrons. The average Bonchev–Trinajstić information content (AvgIpc) is 2.71. The highest BCUT2D eigenvalue weighted by molar-refractivity contribution is 5.78. The Hall–Kier alpha value is -1.42. The number of halogens is 1. The van der Waals surface area contributed by atoms with Gasteiger partial charge in [0.1, 0.15) is 5.82 Å². The summed E-state index contributed by atoms with van der Waals surface area (Å²) in [5.74, 6) is -0.0544. The maximum atomic E-state index is 13.1. The number of likely N-dealkylation sites (tertiary alicyclic amines) is 1. The lowest BCUT2D eigenvalue weighted by Gasteiger charge is -2.23. The van der Waals surface area contributed by atoms with Gasteiger partial charge in [-0.3, -0.25) is 4.79 Å². The molecular weight excluding hydrogens is 219 g/mol. The van der Waals surface area contributed by atoms with E-state index in [2.05, 4.69) is 0 Å². The molecule has 1 aromatic carbocycles. The molecule has 0 aliphatic carbocycles. The van der Waals surface area contributed by atoms with Gasteiger partial charge in [0, 0.05) is 32.0 Å². The third kappa shape index (κ3) is 2.82. The summed E-state index contributed by atoms with van der Waals surface area (Å²) in [4.78, 5) is 13.4. The van der Waals surface area contributed by atoms with E-state index < -0.39 is 0 Å². The van der Waals surface area contributed by atoms with Crippen molar-refractivity contribution in [3.63, 3.8) is 0 Å². The fourth-order valence-corrected chi connectivity index (χ4v) is 2.24. The van der Waals surface area contributed by atoms with Crippen LogP contribution >= 0.6 is 0 Å². The van der Waals surface area contributed by atoms with Gasteiger partial charge >= 0.3 is 0 Å². The highest BCUT2D eigenvalue weighted by atomic mass is 19.1. The Balaban J connectivity index is 2.08. The highest BCUT2D eigenvalue weighted by Crippen LogP contribution is 2.20. The molecule has 1 aliphatic heterocycles. The maximum absolute atomic E-state index is 13.1. The largest absolute Gasteiger partial charge is 0.342 e. The van der Waals surface area contributed by atoms with Crippen LogP contribution in [-0.4, -0.2) is 30.4 Å². The van der Waals surface area contributed by atoms with E-state index in [4.69, 9.17) is 5.73 Å². The zero-order chi connectivity index (χ0) is 12.3. The van der Waals surface area contributed by atoms with Crippen molar-refractivity contribution < 1.29 is 9.18 Å². The first-order valence-corrected chi connectivity index (χ1v) is 5.94. The van der Waals surface area contributed by atoms with E-state index in [1.807, 2.05) is 11.0 Å². The molecule has 1 amide bonds. The molecule has 1 unspecified atom stereocenters. The SMILES string of the molecule is NCC(CN1CCCC1=O)c1cccc(F)c1. The van der Waals surface area contributed by atoms with Crippen LogP contribution < -0.4 is 5.73 Å². The average molecular weight is 236 g/mol. The number of hydrogen-bond acceptors (Lipinski definition) is 2. The minimum absolute atomic E-state index is 0.0211. The van der Waals surface area contributed by atoms with Crippen LogP contribution in [0.25, 0.3) is 0 Å². The van der Waals surface area contributed by atoms with Crippen molar-refractivity contribution in [3.05, 3.63) is 35.6 Å². The number of amides is 1. The second-order valence-corrected chi connectivity index (χ2v) is 4.43. The molecule has 0 bridgehead atoms. The quantitative estimate of drug-likeness (QED) is 0.861. The molecule has 0 aromatic heterocycles. The summed E-state index contributed by atoms with van der Waals surface area (Å²) in [5.41, 5.74) is 6.59. The smallest absolute Gasteiger partial charge is 0.222 e. The summed E-state index contributed by atoms with van der Waals surface area (Å²) < 4.78 is 13.1. The van der Waals surface area contributed by atoms with Gasteiger partial charge < -0.3 is 10.6 Å². The molecule has 1 fully saturated rings. The van der Waals surface area contributed by atoms with Gasteiger partial charge in [-0.25, -0.2) is 4.39 Å². The van der Waals surface area contributed by atoms with Gasteiger partial charge in [-0.05, 0) is 24.1 Å². The molecular formula is C13H17FN2O. The Morgan fingerprint density at radius 1 is 1.47 bits per heavy atom. The Kier molecular flexibility index (Phi) is 3.74. The van der Waals surface area contributed by atoms with E-state index in [1.54, 1.807) is 6.07 Å². The summed E-state index contributed by atoms with van der Waals surface area (Å²) in [7, 11) is 0. The molecule has 2 rings (SSSR count). The van der Waals surface area contributed by atoms with Crippen molar-refractivity contribution in [2.45, 2.75) is 18.8 Å². The number of hydrogen-bond donors (Lipinski definition) is 1. The predicted octanol–water partition coefficient (Wildman–Crippen LogP) is 1.49. The third-order valence-corrected chi connectivity index (χ3v) is 3.22. The van der Waals surface area contributed by atoms with E-state index in [0.717, 1.165) is 18.5 Å². The summed E-state index contributed by atoms with van der Waals surface area (Å²) in [6.45, 7) is 1.82. The van der Waals surface area contributed by atoms with Gasteiger partial charge in [-0.2, -0.15) is 0 Å². The Bertz CT molecular complexity index is 408. The van der Waals surface area contributed by atoms with Crippen molar-refractivity contribution in [2.24, 2.45) is 5.73 Å². The van der Waals surface area contributed by atoms with E-state index in [9.17, 15) is 9.18 Å². The lowest BCUT2D eigenvalue weighted by molar-refractivity contribution is -0.127. The van der Waals surface area contributed by atoms with Crippen LogP contribution in [0.15, 0.2) is 24.3 Å². The van der Waals surface area contributed by atoms with Gasteiger partial charge in [0.05, 0.1) is 0 Å². The second-order valence-electron chi connectivity index (χ2n) is 4.43. The van der Waals surface area contributed by atoms with Crippen LogP contribution in [0.2, 0.25) is 0 Å². The molecule has 1 aliphatic rings. The summed E-state index contributed by atoms with van der Waals surface area (Å²) in [6, 6.07) is 6.45. The van der Waals surface area contributed by atoms with Crippen LogP contribution in [0.1, 0.15) is 24.3 Å². The lowest BCUT2D eigenvalue weighted by Crippen LogP contribution is -2.32. The van der Waals surface area contributed by atoms with Crippen LogP contribution in [0.4, 0.5) is 4.39 Å². The number of nitrogens with two attached hydrogens (primary N) is 1. The van der Waals surface area contributed by atoms with Gasteiger partial charge in [0.25, 0.3) is 0 Å². The molecule has 17 heavy (non-hydrogen) atoms. The number of rotatable bonds is 4. The zero-order valence-electron chi connectivity index (χ0n) is 9.73. The molecule has 0 saturated carbocycles. The molecule has 0 spiro atoms. The summed E-state index contributed by atoms with van der Waals surface area (Å²) in [5, 5.41) is 0. The van der Waals surface area contributed by atoms with Crippen molar-refractivity contribution in [1.82, 2.24) is 4.90 Å². The van der Waals surface area contributed by atoms with E-state index in [0.29, 0.717) is 19.5 Å². The molecule has 1 aromatic rings. The fourth-order valence-electron chi connectivity index (χ4n) is 2.24. The third-order valence-electron chi connectivity index (χ3n) is 3.22. The molecule has 4 heteroatoms. The van der Waals surface area contributed by atoms with Crippen LogP contribution in [0.5, 0.6) is 0 Å².